The molecule has 0 saturated heterocycles. The van der Waals surface area contributed by atoms with Gasteiger partial charge < -0.3 is 20.8 Å². The van der Waals surface area contributed by atoms with Gasteiger partial charge in [-0.05, 0) is 121 Å². The summed E-state index contributed by atoms with van der Waals surface area (Å²) in [4.78, 5) is 46.6. The monoisotopic (exact) mass is 928 g/mol. The van der Waals surface area contributed by atoms with Crippen molar-refractivity contribution in [3.05, 3.63) is 176 Å². The van der Waals surface area contributed by atoms with Crippen LogP contribution in [0.4, 0.5) is 22.7 Å². The lowest BCUT2D eigenvalue weighted by atomic mass is 10.1. The fourth-order valence-electron chi connectivity index (χ4n) is 4.96. The number of carboxylic acid groups (broad SMARTS) is 2. The van der Waals surface area contributed by atoms with Gasteiger partial charge in [-0.15, -0.1) is 0 Å². The molecule has 2 amide bonds. The molecule has 20 heteroatoms. The second-order valence-corrected chi connectivity index (χ2v) is 17.2. The number of anilines is 4. The van der Waals surface area contributed by atoms with Crippen molar-refractivity contribution in [2.24, 2.45) is 0 Å². The van der Waals surface area contributed by atoms with Crippen LogP contribution in [0.25, 0.3) is 0 Å². The number of carbonyl (C=O) groups is 4. The van der Waals surface area contributed by atoms with Crippen molar-refractivity contribution in [2.45, 2.75) is 9.79 Å². The second kappa shape index (κ2) is 19.3. The molecular weight excluding hydrogens is 902 g/mol. The number of aromatic carboxylic acids is 2. The largest absolute Gasteiger partial charge is 0.478 e. The molecule has 308 valence electrons. The van der Waals surface area contributed by atoms with E-state index in [0.717, 1.165) is 0 Å². The number of nitrogens with one attached hydrogen (secondary N) is 4. The van der Waals surface area contributed by atoms with Crippen LogP contribution in [-0.4, -0.2) is 50.8 Å². The second-order valence-electron chi connectivity index (χ2n) is 12.2. The third-order valence-electron chi connectivity index (χ3n) is 7.94. The number of sulfonamides is 2. The fraction of sp³-hybridized carbons (Fsp3) is 0. The minimum Gasteiger partial charge on any atom is -0.478 e. The molecule has 6 aromatic carbocycles. The number of hydrogen-bond donors (Lipinski definition) is 6. The summed E-state index contributed by atoms with van der Waals surface area (Å²) in [6.45, 7) is 0. The van der Waals surface area contributed by atoms with Gasteiger partial charge in [0.2, 0.25) is 0 Å². The van der Waals surface area contributed by atoms with Crippen LogP contribution in [0, 0.1) is 0 Å². The van der Waals surface area contributed by atoms with E-state index in [1.54, 1.807) is 0 Å². The van der Waals surface area contributed by atoms with Gasteiger partial charge in [-0.3, -0.25) is 19.0 Å². The summed E-state index contributed by atoms with van der Waals surface area (Å²) < 4.78 is 55.0. The average Bonchev–Trinajstić information content (AvgIpc) is 3.20. The van der Waals surface area contributed by atoms with E-state index in [0.29, 0.717) is 11.4 Å². The highest BCUT2D eigenvalue weighted by Crippen LogP contribution is 2.28. The lowest BCUT2D eigenvalue weighted by Crippen LogP contribution is -2.15. The first kappa shape index (κ1) is 45.0. The molecule has 0 radical (unpaired) electrons. The Bertz CT molecular complexity index is 2650. The van der Waals surface area contributed by atoms with Crippen LogP contribution in [0.3, 0.4) is 0 Å². The number of rotatable bonds is 12. The Balaban J connectivity index is 0.000000228. The highest BCUT2D eigenvalue weighted by Gasteiger charge is 2.19. The molecule has 0 fully saturated rings. The van der Waals surface area contributed by atoms with E-state index in [2.05, 4.69) is 20.1 Å². The van der Waals surface area contributed by atoms with Gasteiger partial charge in [-0.1, -0.05) is 58.5 Å². The minimum absolute atomic E-state index is 0.0784. The summed E-state index contributed by atoms with van der Waals surface area (Å²) in [5.41, 5.74) is 1.72. The van der Waals surface area contributed by atoms with Gasteiger partial charge >= 0.3 is 11.9 Å². The SMILES string of the molecule is O=C(O)c1ccc(NC(=O)c2cccc(NS(=O)(=O)c3ccc(Cl)c(Cl)c3)c2)cc1.O=C(O)c1ccc(NC(=O)c2cccc(NS(=O)(=O)c3ccc(Cl)c(Cl)c3)c2)cc1. The van der Waals surface area contributed by atoms with Crippen LogP contribution in [0.5, 0.6) is 0 Å². The minimum atomic E-state index is -3.95. The molecule has 0 aliphatic carbocycles. The zero-order valence-electron chi connectivity index (χ0n) is 30.2. The van der Waals surface area contributed by atoms with E-state index < -0.39 is 43.8 Å². The lowest BCUT2D eigenvalue weighted by molar-refractivity contribution is 0.0686. The smallest absolute Gasteiger partial charge is 0.335 e. The molecule has 0 saturated carbocycles. The first-order chi connectivity index (χ1) is 28.3. The molecule has 0 bridgehead atoms. The topological polar surface area (TPSA) is 225 Å². The number of amides is 2. The molecule has 0 aromatic heterocycles. The van der Waals surface area contributed by atoms with Crippen LogP contribution in [0.1, 0.15) is 41.4 Å². The Labute approximate surface area is 362 Å². The van der Waals surface area contributed by atoms with E-state index >= 15 is 0 Å². The molecule has 6 aromatic rings. The van der Waals surface area contributed by atoms with Crippen LogP contribution in [0.15, 0.2) is 143 Å². The van der Waals surface area contributed by atoms with Gasteiger partial charge in [0.15, 0.2) is 0 Å². The van der Waals surface area contributed by atoms with Crippen LogP contribution >= 0.6 is 46.4 Å². The molecule has 0 aliphatic heterocycles. The van der Waals surface area contributed by atoms with Crippen molar-refractivity contribution in [1.29, 1.82) is 0 Å². The quantitative estimate of drug-likeness (QED) is 0.0681. The first-order valence-corrected chi connectivity index (χ1v) is 21.2. The van der Waals surface area contributed by atoms with E-state index in [9.17, 15) is 36.0 Å². The third kappa shape index (κ3) is 12.0. The Hall–Kier alpha value is -6.14. The van der Waals surface area contributed by atoms with Crippen molar-refractivity contribution < 1.29 is 46.2 Å². The first-order valence-electron chi connectivity index (χ1n) is 16.8. The van der Waals surface area contributed by atoms with Gasteiger partial charge in [0.25, 0.3) is 31.9 Å². The van der Waals surface area contributed by atoms with Crippen molar-refractivity contribution in [1.82, 2.24) is 0 Å². The summed E-state index contributed by atoms with van der Waals surface area (Å²) in [5, 5.41) is 23.7. The molecule has 0 heterocycles. The maximum atomic E-state index is 12.6. The Morgan fingerprint density at radius 1 is 0.400 bits per heavy atom. The average molecular weight is 931 g/mol. The fourth-order valence-corrected chi connectivity index (χ4v) is 7.84. The number of hydrogen-bond acceptors (Lipinski definition) is 8. The molecule has 0 unspecified atom stereocenters. The van der Waals surface area contributed by atoms with Gasteiger partial charge in [-0.2, -0.15) is 0 Å². The normalized spacial score (nSPS) is 11.0. The van der Waals surface area contributed by atoms with Crippen molar-refractivity contribution in [3.63, 3.8) is 0 Å². The highest BCUT2D eigenvalue weighted by molar-refractivity contribution is 7.93. The molecule has 6 rings (SSSR count). The molecule has 0 spiro atoms. The number of halogens is 4. The third-order valence-corrected chi connectivity index (χ3v) is 12.2. The van der Waals surface area contributed by atoms with Gasteiger partial charge in [0.05, 0.1) is 41.0 Å². The van der Waals surface area contributed by atoms with E-state index in [-0.39, 0.29) is 63.5 Å². The standard InChI is InChI=1S/2C20H14Cl2N2O5S/c2*21-17-9-8-16(11-18(17)22)30(28,29)24-15-3-1-2-13(10-15)19(25)23-14-6-4-12(5-7-14)20(26)27/h2*1-11,24H,(H,23,25)(H,26,27). The molecule has 0 atom stereocenters. The summed E-state index contributed by atoms with van der Waals surface area (Å²) >= 11 is 23.4. The van der Waals surface area contributed by atoms with Crippen LogP contribution in [0.2, 0.25) is 20.1 Å². The predicted octanol–water partition coefficient (Wildman–Crippen LogP) is 9.49. The van der Waals surface area contributed by atoms with Crippen molar-refractivity contribution >= 4 is 113 Å². The van der Waals surface area contributed by atoms with E-state index in [4.69, 9.17) is 56.6 Å². The van der Waals surface area contributed by atoms with Crippen LogP contribution in [-0.2, 0) is 20.0 Å². The summed E-state index contributed by atoms with van der Waals surface area (Å²) in [5.74, 6) is -3.13. The zero-order valence-corrected chi connectivity index (χ0v) is 34.8. The Morgan fingerprint density at radius 2 is 0.750 bits per heavy atom. The number of carbonyl (C=O) groups excluding carboxylic acids is 2. The van der Waals surface area contributed by atoms with Crippen molar-refractivity contribution in [2.75, 3.05) is 20.1 Å². The molecule has 6 N–H and O–H groups in total. The predicted molar refractivity (Wildman–Crippen MR) is 230 cm³/mol. The molecule has 60 heavy (non-hydrogen) atoms. The van der Waals surface area contributed by atoms with Gasteiger partial charge in [0.1, 0.15) is 0 Å². The lowest BCUT2D eigenvalue weighted by Gasteiger charge is -2.11. The number of carboxylic acids is 2. The zero-order chi connectivity index (χ0) is 43.8. The van der Waals surface area contributed by atoms with E-state index in [1.807, 2.05) is 0 Å². The van der Waals surface area contributed by atoms with Gasteiger partial charge in [-0.25, -0.2) is 26.4 Å². The molecule has 14 nitrogen and oxygen atoms in total. The maximum absolute atomic E-state index is 12.6. The Kier molecular flexibility index (Phi) is 14.4. The van der Waals surface area contributed by atoms with Gasteiger partial charge in [0, 0.05) is 33.9 Å². The summed E-state index contributed by atoms with van der Waals surface area (Å²) in [6, 6.07) is 30.9. The highest BCUT2D eigenvalue weighted by atomic mass is 35.5. The molecular formula is C40H28Cl4N4O10S2. The maximum Gasteiger partial charge on any atom is 0.335 e. The summed E-state index contributed by atoms with van der Waals surface area (Å²) in [7, 11) is -7.89. The van der Waals surface area contributed by atoms with Crippen molar-refractivity contribution in [3.8, 4) is 0 Å². The molecule has 0 aliphatic rings. The number of benzene rings is 6. The summed E-state index contributed by atoms with van der Waals surface area (Å²) in [6.07, 6.45) is 0. The van der Waals surface area contributed by atoms with E-state index in [1.165, 1.54) is 133 Å². The Morgan fingerprint density at radius 3 is 1.07 bits per heavy atom. The van der Waals surface area contributed by atoms with Crippen LogP contribution < -0.4 is 20.1 Å².